The van der Waals surface area contributed by atoms with Crippen LogP contribution in [-0.2, 0) is 0 Å². The molecule has 1 amide bonds. The lowest BCUT2D eigenvalue weighted by Gasteiger charge is -2.45. The Morgan fingerprint density at radius 2 is 2.05 bits per heavy atom. The maximum absolute atomic E-state index is 12.1. The quantitative estimate of drug-likeness (QED) is 0.735. The average Bonchev–Trinajstić information content (AvgIpc) is 3.06. The Morgan fingerprint density at radius 1 is 1.27 bits per heavy atom. The number of nitrogens with one attached hydrogen (secondary N) is 1. The summed E-state index contributed by atoms with van der Waals surface area (Å²) in [4.78, 5) is 17.9. The molecule has 4 atom stereocenters. The molecule has 3 rings (SSSR count). The normalized spacial score (nSPS) is 33.5. The van der Waals surface area contributed by atoms with Crippen molar-refractivity contribution in [3.8, 4) is 0 Å². The number of hydrogen-bond acceptors (Lipinski definition) is 6. The first-order valence-corrected chi connectivity index (χ1v) is 7.96. The van der Waals surface area contributed by atoms with E-state index in [2.05, 4.69) is 15.2 Å². The number of piperidine rings is 1. The molecule has 7 heteroatoms. The Bertz CT molecular complexity index is 487. The second-order valence-electron chi connectivity index (χ2n) is 6.17. The molecule has 2 fully saturated rings. The Balaban J connectivity index is 1.66. The van der Waals surface area contributed by atoms with Gasteiger partial charge in [0.1, 0.15) is 0 Å². The summed E-state index contributed by atoms with van der Waals surface area (Å²) in [5.74, 6) is -0.247. The topological polar surface area (TPSA) is 98.8 Å². The monoisotopic (exact) mass is 309 g/mol. The summed E-state index contributed by atoms with van der Waals surface area (Å²) in [5, 5.41) is 23.7. The number of aliphatic hydroxyl groups is 2. The number of aliphatic hydroxyl groups excluding tert-OH is 2. The van der Waals surface area contributed by atoms with Crippen LogP contribution in [0.15, 0.2) is 17.0 Å². The van der Waals surface area contributed by atoms with E-state index in [0.717, 1.165) is 25.9 Å². The summed E-state index contributed by atoms with van der Waals surface area (Å²) in [6, 6.07) is -0.693. The minimum Gasteiger partial charge on any atom is -0.438 e. The van der Waals surface area contributed by atoms with Crippen LogP contribution in [0.25, 0.3) is 0 Å². The maximum Gasteiger partial charge on any atom is 0.289 e. The predicted molar refractivity (Wildman–Crippen MR) is 78.2 cm³/mol. The van der Waals surface area contributed by atoms with E-state index in [1.807, 2.05) is 0 Å². The number of oxazole rings is 1. The van der Waals surface area contributed by atoms with Gasteiger partial charge in [0.05, 0.1) is 30.5 Å². The highest BCUT2D eigenvalue weighted by Gasteiger charge is 2.42. The first-order valence-electron chi connectivity index (χ1n) is 7.96. The van der Waals surface area contributed by atoms with Crippen LogP contribution in [0.1, 0.15) is 42.7 Å². The van der Waals surface area contributed by atoms with Crippen molar-refractivity contribution >= 4 is 5.91 Å². The maximum atomic E-state index is 12.1. The fourth-order valence-corrected chi connectivity index (χ4v) is 3.56. The van der Waals surface area contributed by atoms with Gasteiger partial charge in [-0.25, -0.2) is 4.98 Å². The first-order chi connectivity index (χ1) is 10.7. The third-order valence-electron chi connectivity index (χ3n) is 4.71. The molecule has 7 nitrogen and oxygen atoms in total. The molecule has 3 N–H and O–H groups in total. The second-order valence-corrected chi connectivity index (χ2v) is 6.17. The highest BCUT2D eigenvalue weighted by molar-refractivity contribution is 5.91. The summed E-state index contributed by atoms with van der Waals surface area (Å²) in [5.41, 5.74) is 0. The van der Waals surface area contributed by atoms with Gasteiger partial charge in [-0.3, -0.25) is 9.69 Å². The van der Waals surface area contributed by atoms with Gasteiger partial charge in [-0.15, -0.1) is 0 Å². The minimum atomic E-state index is -0.784. The van der Waals surface area contributed by atoms with Crippen molar-refractivity contribution in [1.29, 1.82) is 0 Å². The van der Waals surface area contributed by atoms with Crippen LogP contribution in [0.5, 0.6) is 0 Å². The van der Waals surface area contributed by atoms with Gasteiger partial charge in [0, 0.05) is 0 Å². The number of rotatable bonds is 3. The van der Waals surface area contributed by atoms with Crippen LogP contribution < -0.4 is 5.32 Å². The molecule has 0 aromatic carbocycles. The highest BCUT2D eigenvalue weighted by atomic mass is 16.3. The van der Waals surface area contributed by atoms with Crippen molar-refractivity contribution in [2.24, 2.45) is 0 Å². The summed E-state index contributed by atoms with van der Waals surface area (Å²) >= 11 is 0. The van der Waals surface area contributed by atoms with Crippen molar-refractivity contribution < 1.29 is 19.4 Å². The van der Waals surface area contributed by atoms with E-state index in [4.69, 9.17) is 4.42 Å². The van der Waals surface area contributed by atoms with Gasteiger partial charge in [0.15, 0.2) is 6.39 Å². The van der Waals surface area contributed by atoms with Crippen LogP contribution in [0.3, 0.4) is 0 Å². The highest BCUT2D eigenvalue weighted by Crippen LogP contribution is 2.27. The lowest BCUT2D eigenvalue weighted by molar-refractivity contribution is -0.0743. The fourth-order valence-electron chi connectivity index (χ4n) is 3.56. The summed E-state index contributed by atoms with van der Waals surface area (Å²) in [6.45, 7) is 1.78. The Kier molecular flexibility index (Phi) is 4.75. The third-order valence-corrected chi connectivity index (χ3v) is 4.71. The molecule has 1 aliphatic heterocycles. The van der Waals surface area contributed by atoms with Gasteiger partial charge < -0.3 is 19.9 Å². The van der Waals surface area contributed by atoms with Crippen LogP contribution in [-0.4, -0.2) is 63.4 Å². The average molecular weight is 309 g/mol. The lowest BCUT2D eigenvalue weighted by atomic mass is 9.84. The van der Waals surface area contributed by atoms with Crippen LogP contribution >= 0.6 is 0 Å². The van der Waals surface area contributed by atoms with E-state index in [1.54, 1.807) is 0 Å². The molecule has 1 saturated carbocycles. The number of hydrogen-bond donors (Lipinski definition) is 3. The van der Waals surface area contributed by atoms with Gasteiger partial charge in [-0.05, 0) is 38.8 Å². The van der Waals surface area contributed by atoms with E-state index in [1.165, 1.54) is 19.0 Å². The number of amides is 1. The van der Waals surface area contributed by atoms with Crippen LogP contribution in [0.4, 0.5) is 0 Å². The number of likely N-dealkylation sites (tertiary alicyclic amines) is 1. The fraction of sp³-hybridized carbons (Fsp3) is 0.733. The zero-order valence-electron chi connectivity index (χ0n) is 12.5. The van der Waals surface area contributed by atoms with Crippen molar-refractivity contribution in [3.63, 3.8) is 0 Å². The molecular formula is C15H23N3O4. The summed E-state index contributed by atoms with van der Waals surface area (Å²) < 4.78 is 4.97. The van der Waals surface area contributed by atoms with Crippen molar-refractivity contribution in [2.45, 2.75) is 56.4 Å². The van der Waals surface area contributed by atoms with E-state index in [0.29, 0.717) is 12.8 Å². The summed E-state index contributed by atoms with van der Waals surface area (Å²) in [7, 11) is 0. The summed E-state index contributed by atoms with van der Waals surface area (Å²) in [6.07, 6.45) is 5.71. The number of aromatic nitrogens is 1. The van der Waals surface area contributed by atoms with E-state index < -0.39 is 12.2 Å². The molecule has 1 aliphatic carbocycles. The molecular weight excluding hydrogens is 286 g/mol. The van der Waals surface area contributed by atoms with Gasteiger partial charge >= 0.3 is 0 Å². The minimum absolute atomic E-state index is 0.132. The molecule has 0 spiro atoms. The first kappa shape index (κ1) is 15.5. The van der Waals surface area contributed by atoms with Crippen molar-refractivity contribution in [3.05, 3.63) is 18.4 Å². The molecule has 0 radical (unpaired) electrons. The largest absolute Gasteiger partial charge is 0.438 e. The van der Waals surface area contributed by atoms with Gasteiger partial charge in [0.25, 0.3) is 5.91 Å². The van der Waals surface area contributed by atoms with Gasteiger partial charge in [-0.1, -0.05) is 6.42 Å². The van der Waals surface area contributed by atoms with Crippen molar-refractivity contribution in [2.75, 3.05) is 13.1 Å². The lowest BCUT2D eigenvalue weighted by Crippen LogP contribution is -2.62. The van der Waals surface area contributed by atoms with E-state index >= 15 is 0 Å². The van der Waals surface area contributed by atoms with E-state index in [-0.39, 0.29) is 23.8 Å². The molecule has 0 unspecified atom stereocenters. The smallest absolute Gasteiger partial charge is 0.289 e. The standard InChI is InChI=1S/C15H23N3O4/c19-11-5-4-10(17-15(21)12-8-16-9-22-12)14(20)13(11)18-6-2-1-3-7-18/h8-11,13-14,19-20H,1-7H2,(H,17,21)/t10-,11+,13-,14-/m1/s1. The second kappa shape index (κ2) is 6.76. The van der Waals surface area contributed by atoms with Gasteiger partial charge in [-0.2, -0.15) is 0 Å². The number of carbonyl (C=O) groups excluding carboxylic acids is 1. The molecule has 22 heavy (non-hydrogen) atoms. The SMILES string of the molecule is O=C(N[C@@H]1CC[C@H](O)[C@@H](N2CCCCC2)[C@@H]1O)c1cnco1. The Morgan fingerprint density at radius 3 is 2.73 bits per heavy atom. The molecule has 2 aliphatic rings. The molecule has 0 bridgehead atoms. The zero-order chi connectivity index (χ0) is 15.5. The van der Waals surface area contributed by atoms with Crippen LogP contribution in [0.2, 0.25) is 0 Å². The number of nitrogens with zero attached hydrogens (tertiary/aromatic N) is 2. The molecule has 1 saturated heterocycles. The van der Waals surface area contributed by atoms with Gasteiger partial charge in [0.2, 0.25) is 5.76 Å². The van der Waals surface area contributed by atoms with E-state index in [9.17, 15) is 15.0 Å². The molecule has 2 heterocycles. The third kappa shape index (κ3) is 3.16. The van der Waals surface area contributed by atoms with Crippen LogP contribution in [0, 0.1) is 0 Å². The molecule has 1 aromatic rings. The zero-order valence-corrected chi connectivity index (χ0v) is 12.5. The van der Waals surface area contributed by atoms with Crippen molar-refractivity contribution in [1.82, 2.24) is 15.2 Å². The number of carbonyl (C=O) groups is 1. The Labute approximate surface area is 129 Å². The predicted octanol–water partition coefficient (Wildman–Crippen LogP) is 0.143. The molecule has 1 aromatic heterocycles. The Hall–Kier alpha value is -1.44. The molecule has 122 valence electrons.